The fourth-order valence-corrected chi connectivity index (χ4v) is 3.92. The van der Waals surface area contributed by atoms with E-state index in [1.807, 2.05) is 4.90 Å². The molecule has 1 aromatic carbocycles. The van der Waals surface area contributed by atoms with Gasteiger partial charge in [0, 0.05) is 43.6 Å². The van der Waals surface area contributed by atoms with Crippen LogP contribution in [-0.2, 0) is 10.0 Å². The molecule has 1 aliphatic rings. The van der Waals surface area contributed by atoms with Gasteiger partial charge in [-0.15, -0.1) is 0 Å². The average molecular weight is 339 g/mol. The maximum atomic E-state index is 12.6. The van der Waals surface area contributed by atoms with E-state index in [2.05, 4.69) is 9.97 Å². The van der Waals surface area contributed by atoms with Crippen LogP contribution in [0.25, 0.3) is 0 Å². The summed E-state index contributed by atoms with van der Waals surface area (Å²) >= 11 is 5.81. The van der Waals surface area contributed by atoms with E-state index in [4.69, 9.17) is 11.6 Å². The number of rotatable bonds is 3. The smallest absolute Gasteiger partial charge is 0.243 e. The lowest BCUT2D eigenvalue weighted by Gasteiger charge is -2.34. The van der Waals surface area contributed by atoms with E-state index < -0.39 is 10.0 Å². The van der Waals surface area contributed by atoms with Crippen LogP contribution in [0.5, 0.6) is 0 Å². The van der Waals surface area contributed by atoms with Crippen LogP contribution in [0, 0.1) is 0 Å². The third-order valence-corrected chi connectivity index (χ3v) is 5.73. The number of benzene rings is 1. The van der Waals surface area contributed by atoms with Gasteiger partial charge in [-0.25, -0.2) is 13.4 Å². The molecule has 0 radical (unpaired) electrons. The third-order valence-electron chi connectivity index (χ3n) is 3.56. The highest BCUT2D eigenvalue weighted by Crippen LogP contribution is 2.21. The Morgan fingerprint density at radius 1 is 1.00 bits per heavy atom. The standard InChI is InChI=1S/C14H15ClN4O2S/c15-12-1-3-13(4-2-12)22(20,21)19-9-7-18(8-10-19)14-11-16-5-6-17-14/h1-6,11H,7-10H2. The van der Waals surface area contributed by atoms with Gasteiger partial charge in [-0.2, -0.15) is 4.31 Å². The first kappa shape index (κ1) is 15.2. The second-order valence-electron chi connectivity index (χ2n) is 4.91. The summed E-state index contributed by atoms with van der Waals surface area (Å²) in [6.07, 6.45) is 4.93. The minimum atomic E-state index is -3.47. The van der Waals surface area contributed by atoms with Crippen molar-refractivity contribution in [2.75, 3.05) is 31.1 Å². The van der Waals surface area contributed by atoms with Crippen molar-refractivity contribution in [1.82, 2.24) is 14.3 Å². The number of anilines is 1. The zero-order valence-electron chi connectivity index (χ0n) is 11.8. The highest BCUT2D eigenvalue weighted by molar-refractivity contribution is 7.89. The average Bonchev–Trinajstić information content (AvgIpc) is 2.56. The molecule has 2 aromatic rings. The third kappa shape index (κ3) is 3.06. The lowest BCUT2D eigenvalue weighted by Crippen LogP contribution is -2.48. The largest absolute Gasteiger partial charge is 0.353 e. The van der Waals surface area contributed by atoms with Crippen LogP contribution < -0.4 is 4.90 Å². The summed E-state index contributed by atoms with van der Waals surface area (Å²) in [5.74, 6) is 0.769. The van der Waals surface area contributed by atoms with Gasteiger partial charge in [0.2, 0.25) is 10.0 Å². The maximum absolute atomic E-state index is 12.6. The summed E-state index contributed by atoms with van der Waals surface area (Å²) in [7, 11) is -3.47. The van der Waals surface area contributed by atoms with Crippen LogP contribution in [0.1, 0.15) is 0 Å². The molecule has 0 amide bonds. The SMILES string of the molecule is O=S(=O)(c1ccc(Cl)cc1)N1CCN(c2cnccn2)CC1. The molecule has 22 heavy (non-hydrogen) atoms. The Labute approximate surface area is 134 Å². The van der Waals surface area contributed by atoms with Gasteiger partial charge >= 0.3 is 0 Å². The Hall–Kier alpha value is -1.70. The van der Waals surface area contributed by atoms with Gasteiger partial charge in [0.25, 0.3) is 0 Å². The molecule has 1 aromatic heterocycles. The topological polar surface area (TPSA) is 66.4 Å². The van der Waals surface area contributed by atoms with Gasteiger partial charge in [0.05, 0.1) is 11.1 Å². The van der Waals surface area contributed by atoms with E-state index in [-0.39, 0.29) is 4.90 Å². The van der Waals surface area contributed by atoms with Crippen molar-refractivity contribution in [2.45, 2.75) is 4.90 Å². The van der Waals surface area contributed by atoms with Crippen molar-refractivity contribution in [3.05, 3.63) is 47.9 Å². The van der Waals surface area contributed by atoms with Crippen molar-refractivity contribution in [2.24, 2.45) is 0 Å². The molecule has 0 atom stereocenters. The van der Waals surface area contributed by atoms with Crippen LogP contribution in [0.3, 0.4) is 0 Å². The van der Waals surface area contributed by atoms with Gasteiger partial charge < -0.3 is 4.90 Å². The van der Waals surface area contributed by atoms with Crippen LogP contribution in [0.2, 0.25) is 5.02 Å². The quantitative estimate of drug-likeness (QED) is 0.851. The number of nitrogens with zero attached hydrogens (tertiary/aromatic N) is 4. The zero-order chi connectivity index (χ0) is 15.6. The van der Waals surface area contributed by atoms with Crippen LogP contribution in [-0.4, -0.2) is 48.9 Å². The van der Waals surface area contributed by atoms with Crippen LogP contribution in [0.15, 0.2) is 47.8 Å². The van der Waals surface area contributed by atoms with Gasteiger partial charge in [-0.05, 0) is 24.3 Å². The van der Waals surface area contributed by atoms with Gasteiger partial charge in [-0.3, -0.25) is 4.98 Å². The predicted molar refractivity (Wildman–Crippen MR) is 84.5 cm³/mol. The van der Waals surface area contributed by atoms with E-state index in [1.54, 1.807) is 30.7 Å². The van der Waals surface area contributed by atoms with E-state index >= 15 is 0 Å². The number of hydrogen-bond acceptors (Lipinski definition) is 5. The highest BCUT2D eigenvalue weighted by Gasteiger charge is 2.28. The van der Waals surface area contributed by atoms with E-state index in [1.165, 1.54) is 16.4 Å². The zero-order valence-corrected chi connectivity index (χ0v) is 13.3. The summed E-state index contributed by atoms with van der Waals surface area (Å²) in [4.78, 5) is 10.6. The summed E-state index contributed by atoms with van der Waals surface area (Å²) in [6.45, 7) is 2.01. The molecule has 0 spiro atoms. The molecule has 0 bridgehead atoms. The van der Waals surface area contributed by atoms with Crippen LogP contribution in [0.4, 0.5) is 5.82 Å². The van der Waals surface area contributed by atoms with E-state index in [9.17, 15) is 8.42 Å². The molecule has 0 aliphatic carbocycles. The molecule has 0 N–H and O–H groups in total. The number of sulfonamides is 1. The van der Waals surface area contributed by atoms with E-state index in [0.717, 1.165) is 5.82 Å². The van der Waals surface area contributed by atoms with Gasteiger partial charge in [0.15, 0.2) is 0 Å². The summed E-state index contributed by atoms with van der Waals surface area (Å²) in [6, 6.07) is 6.24. The Morgan fingerprint density at radius 3 is 2.27 bits per heavy atom. The van der Waals surface area contributed by atoms with Crippen molar-refractivity contribution in [3.8, 4) is 0 Å². The molecule has 1 fully saturated rings. The van der Waals surface area contributed by atoms with Crippen molar-refractivity contribution in [1.29, 1.82) is 0 Å². The monoisotopic (exact) mass is 338 g/mol. The van der Waals surface area contributed by atoms with Crippen molar-refractivity contribution >= 4 is 27.4 Å². The lowest BCUT2D eigenvalue weighted by molar-refractivity contribution is 0.383. The van der Waals surface area contributed by atoms with E-state index in [0.29, 0.717) is 31.2 Å². The number of halogens is 1. The van der Waals surface area contributed by atoms with Gasteiger partial charge in [0.1, 0.15) is 5.82 Å². The molecule has 116 valence electrons. The first-order valence-corrected chi connectivity index (χ1v) is 8.66. The molecule has 1 aliphatic heterocycles. The minimum Gasteiger partial charge on any atom is -0.353 e. The Balaban J connectivity index is 1.72. The molecule has 3 rings (SSSR count). The molecular formula is C14H15ClN4O2S. The minimum absolute atomic E-state index is 0.268. The molecule has 1 saturated heterocycles. The molecule has 0 saturated carbocycles. The Bertz CT molecular complexity index is 729. The van der Waals surface area contributed by atoms with Crippen LogP contribution >= 0.6 is 11.6 Å². The summed E-state index contributed by atoms with van der Waals surface area (Å²) < 4.78 is 26.6. The lowest BCUT2D eigenvalue weighted by atomic mass is 10.3. The van der Waals surface area contributed by atoms with Gasteiger partial charge in [-0.1, -0.05) is 11.6 Å². The number of aromatic nitrogens is 2. The number of hydrogen-bond donors (Lipinski definition) is 0. The first-order valence-electron chi connectivity index (χ1n) is 6.84. The Morgan fingerprint density at radius 2 is 1.68 bits per heavy atom. The van der Waals surface area contributed by atoms with Crippen molar-refractivity contribution < 1.29 is 8.42 Å². The fraction of sp³-hybridized carbons (Fsp3) is 0.286. The second kappa shape index (κ2) is 6.20. The summed E-state index contributed by atoms with van der Waals surface area (Å²) in [5, 5.41) is 0.520. The summed E-state index contributed by atoms with van der Waals surface area (Å²) in [5.41, 5.74) is 0. The molecular weight excluding hydrogens is 324 g/mol. The normalized spacial score (nSPS) is 16.7. The number of piperazine rings is 1. The first-order chi connectivity index (χ1) is 10.6. The molecule has 2 heterocycles. The van der Waals surface area contributed by atoms with Crippen molar-refractivity contribution in [3.63, 3.8) is 0 Å². The predicted octanol–water partition coefficient (Wildman–Crippen LogP) is 1.64. The fourth-order valence-electron chi connectivity index (χ4n) is 2.37. The maximum Gasteiger partial charge on any atom is 0.243 e. The molecule has 0 unspecified atom stereocenters. The molecule has 8 heteroatoms. The second-order valence-corrected chi connectivity index (χ2v) is 7.28. The highest BCUT2D eigenvalue weighted by atomic mass is 35.5. The molecule has 6 nitrogen and oxygen atoms in total. The Kier molecular flexibility index (Phi) is 4.28.